The molecule has 2 aromatic rings. The Morgan fingerprint density at radius 1 is 1.25 bits per heavy atom. The highest BCUT2D eigenvalue weighted by Gasteiger charge is 2.25. The van der Waals surface area contributed by atoms with Crippen LogP contribution in [0.5, 0.6) is 0 Å². The highest BCUT2D eigenvalue weighted by molar-refractivity contribution is 9.10. The topological polar surface area (TPSA) is 29.5 Å². The fourth-order valence-corrected chi connectivity index (χ4v) is 3.12. The molecule has 1 heterocycles. The van der Waals surface area contributed by atoms with Crippen molar-refractivity contribution in [1.82, 2.24) is 4.90 Å². The summed E-state index contributed by atoms with van der Waals surface area (Å²) >= 11 is 3.42. The van der Waals surface area contributed by atoms with Gasteiger partial charge in [-0.15, -0.1) is 0 Å². The molecule has 1 amide bonds. The maximum Gasteiger partial charge on any atom is 0.223 e. The number of carbonyl (C=O) groups is 1. The lowest BCUT2D eigenvalue weighted by atomic mass is 10.1. The fourth-order valence-electron chi connectivity index (χ4n) is 2.86. The Bertz CT molecular complexity index is 705. The standard InChI is InChI=1S/C19H19BrFNO2/c20-16-7-5-15(6-8-16)18-13-22(10-11-24-18)19(23)9-4-14-2-1-3-17(21)12-14/h1-3,5-8,12,18H,4,9-11,13H2. The smallest absolute Gasteiger partial charge is 0.223 e. The molecule has 0 N–H and O–H groups in total. The SMILES string of the molecule is O=C(CCc1cccc(F)c1)N1CCOC(c2ccc(Br)cc2)C1. The number of ether oxygens (including phenoxy) is 1. The van der Waals surface area contributed by atoms with Crippen molar-refractivity contribution in [2.45, 2.75) is 18.9 Å². The Balaban J connectivity index is 1.57. The molecule has 1 aliphatic heterocycles. The number of amides is 1. The number of rotatable bonds is 4. The third-order valence-corrected chi connectivity index (χ3v) is 4.71. The molecule has 0 radical (unpaired) electrons. The Kier molecular flexibility index (Phi) is 5.63. The van der Waals surface area contributed by atoms with Gasteiger partial charge in [-0.25, -0.2) is 4.39 Å². The van der Waals surface area contributed by atoms with E-state index in [1.807, 2.05) is 35.2 Å². The maximum atomic E-state index is 13.2. The molecule has 0 aliphatic carbocycles. The second kappa shape index (κ2) is 7.90. The van der Waals surface area contributed by atoms with E-state index in [1.165, 1.54) is 12.1 Å². The van der Waals surface area contributed by atoms with Crippen molar-refractivity contribution in [1.29, 1.82) is 0 Å². The predicted molar refractivity (Wildman–Crippen MR) is 94.1 cm³/mol. The van der Waals surface area contributed by atoms with Crippen LogP contribution in [0.2, 0.25) is 0 Å². The predicted octanol–water partition coefficient (Wildman–Crippen LogP) is 4.12. The van der Waals surface area contributed by atoms with Crippen molar-refractivity contribution < 1.29 is 13.9 Å². The summed E-state index contributed by atoms with van der Waals surface area (Å²) in [4.78, 5) is 14.3. The monoisotopic (exact) mass is 391 g/mol. The Labute approximate surface area is 149 Å². The molecule has 1 fully saturated rings. The molecule has 1 atom stereocenters. The number of hydrogen-bond donors (Lipinski definition) is 0. The molecular formula is C19H19BrFNO2. The minimum Gasteiger partial charge on any atom is -0.370 e. The maximum absolute atomic E-state index is 13.2. The first kappa shape index (κ1) is 17.1. The molecule has 3 rings (SSSR count). The van der Waals surface area contributed by atoms with Crippen molar-refractivity contribution in [2.75, 3.05) is 19.7 Å². The summed E-state index contributed by atoms with van der Waals surface area (Å²) in [7, 11) is 0. The van der Waals surface area contributed by atoms with E-state index in [2.05, 4.69) is 15.9 Å². The van der Waals surface area contributed by atoms with Gasteiger partial charge in [0.15, 0.2) is 0 Å². The number of aryl methyl sites for hydroxylation is 1. The highest BCUT2D eigenvalue weighted by Crippen LogP contribution is 2.24. The summed E-state index contributed by atoms with van der Waals surface area (Å²) in [6.07, 6.45) is 0.845. The second-order valence-electron chi connectivity index (χ2n) is 5.88. The van der Waals surface area contributed by atoms with Crippen LogP contribution in [0.15, 0.2) is 53.0 Å². The Morgan fingerprint density at radius 2 is 2.04 bits per heavy atom. The molecule has 1 aliphatic rings. The Morgan fingerprint density at radius 3 is 2.79 bits per heavy atom. The molecule has 0 spiro atoms. The van der Waals surface area contributed by atoms with Crippen LogP contribution in [0.25, 0.3) is 0 Å². The summed E-state index contributed by atoms with van der Waals surface area (Å²) in [6.45, 7) is 1.70. The van der Waals surface area contributed by atoms with Crippen molar-refractivity contribution in [3.05, 3.63) is 69.9 Å². The van der Waals surface area contributed by atoms with Gasteiger partial charge in [-0.1, -0.05) is 40.2 Å². The van der Waals surface area contributed by atoms with Crippen LogP contribution >= 0.6 is 15.9 Å². The van der Waals surface area contributed by atoms with Gasteiger partial charge in [0.1, 0.15) is 11.9 Å². The van der Waals surface area contributed by atoms with Gasteiger partial charge in [0.25, 0.3) is 0 Å². The number of carbonyl (C=O) groups excluding carboxylic acids is 1. The molecule has 1 saturated heterocycles. The molecule has 2 aromatic carbocycles. The quantitative estimate of drug-likeness (QED) is 0.784. The normalized spacial score (nSPS) is 17.8. The first-order chi connectivity index (χ1) is 11.6. The largest absolute Gasteiger partial charge is 0.370 e. The van der Waals surface area contributed by atoms with Gasteiger partial charge in [-0.2, -0.15) is 0 Å². The van der Waals surface area contributed by atoms with Gasteiger partial charge in [-0.05, 0) is 41.8 Å². The molecule has 0 aromatic heterocycles. The summed E-state index contributed by atoms with van der Waals surface area (Å²) < 4.78 is 20.0. The lowest BCUT2D eigenvalue weighted by molar-refractivity contribution is -0.139. The van der Waals surface area contributed by atoms with Gasteiger partial charge in [0, 0.05) is 17.4 Å². The van der Waals surface area contributed by atoms with E-state index in [0.29, 0.717) is 32.5 Å². The molecule has 3 nitrogen and oxygen atoms in total. The van der Waals surface area contributed by atoms with Gasteiger partial charge >= 0.3 is 0 Å². The first-order valence-corrected chi connectivity index (χ1v) is 8.80. The van der Waals surface area contributed by atoms with E-state index in [9.17, 15) is 9.18 Å². The summed E-state index contributed by atoms with van der Waals surface area (Å²) in [5, 5.41) is 0. The van der Waals surface area contributed by atoms with E-state index in [-0.39, 0.29) is 17.8 Å². The molecule has 5 heteroatoms. The Hall–Kier alpha value is -1.72. The molecule has 126 valence electrons. The average Bonchev–Trinajstić information content (AvgIpc) is 2.60. The van der Waals surface area contributed by atoms with Crippen LogP contribution in [0.4, 0.5) is 4.39 Å². The first-order valence-electron chi connectivity index (χ1n) is 8.01. The highest BCUT2D eigenvalue weighted by atomic mass is 79.9. The van der Waals surface area contributed by atoms with Crippen LogP contribution in [0.1, 0.15) is 23.7 Å². The van der Waals surface area contributed by atoms with Gasteiger partial charge in [0.2, 0.25) is 5.91 Å². The minimum atomic E-state index is -0.262. The van der Waals surface area contributed by atoms with E-state index in [1.54, 1.807) is 6.07 Å². The van der Waals surface area contributed by atoms with Crippen molar-refractivity contribution in [2.24, 2.45) is 0 Å². The zero-order chi connectivity index (χ0) is 16.9. The number of nitrogens with zero attached hydrogens (tertiary/aromatic N) is 1. The molecule has 0 bridgehead atoms. The number of halogens is 2. The fraction of sp³-hybridized carbons (Fsp3) is 0.316. The van der Waals surface area contributed by atoms with Crippen LogP contribution < -0.4 is 0 Å². The van der Waals surface area contributed by atoms with Crippen molar-refractivity contribution >= 4 is 21.8 Å². The molecular weight excluding hydrogens is 373 g/mol. The minimum absolute atomic E-state index is 0.0877. The van der Waals surface area contributed by atoms with E-state index in [0.717, 1.165) is 15.6 Å². The third kappa shape index (κ3) is 4.42. The lowest BCUT2D eigenvalue weighted by Crippen LogP contribution is -2.42. The summed E-state index contributed by atoms with van der Waals surface area (Å²) in [5.74, 6) is -0.175. The molecule has 24 heavy (non-hydrogen) atoms. The number of hydrogen-bond acceptors (Lipinski definition) is 2. The zero-order valence-electron chi connectivity index (χ0n) is 13.3. The number of morpholine rings is 1. The van der Waals surface area contributed by atoms with E-state index in [4.69, 9.17) is 4.74 Å². The van der Waals surface area contributed by atoms with Crippen molar-refractivity contribution in [3.63, 3.8) is 0 Å². The van der Waals surface area contributed by atoms with Crippen LogP contribution in [0.3, 0.4) is 0 Å². The van der Waals surface area contributed by atoms with Gasteiger partial charge < -0.3 is 9.64 Å². The van der Waals surface area contributed by atoms with Gasteiger partial charge in [0.05, 0.1) is 13.2 Å². The third-order valence-electron chi connectivity index (χ3n) is 4.18. The van der Waals surface area contributed by atoms with Crippen LogP contribution in [-0.2, 0) is 16.0 Å². The molecule has 1 unspecified atom stereocenters. The zero-order valence-corrected chi connectivity index (χ0v) is 14.8. The van der Waals surface area contributed by atoms with E-state index < -0.39 is 0 Å². The van der Waals surface area contributed by atoms with Crippen LogP contribution in [0, 0.1) is 5.82 Å². The van der Waals surface area contributed by atoms with Crippen molar-refractivity contribution in [3.8, 4) is 0 Å². The average molecular weight is 392 g/mol. The molecule has 0 saturated carbocycles. The summed E-state index contributed by atoms with van der Waals surface area (Å²) in [5.41, 5.74) is 1.92. The van der Waals surface area contributed by atoms with Crippen LogP contribution in [-0.4, -0.2) is 30.5 Å². The lowest BCUT2D eigenvalue weighted by Gasteiger charge is -2.33. The summed E-state index contributed by atoms with van der Waals surface area (Å²) in [6, 6.07) is 14.4. The van der Waals surface area contributed by atoms with Gasteiger partial charge in [-0.3, -0.25) is 4.79 Å². The second-order valence-corrected chi connectivity index (χ2v) is 6.80. The van der Waals surface area contributed by atoms with E-state index >= 15 is 0 Å². The number of benzene rings is 2.